The number of para-hydroxylation sites is 2. The van der Waals surface area contributed by atoms with Crippen molar-refractivity contribution in [3.05, 3.63) is 36.4 Å². The molecule has 2 aromatic carbocycles. The summed E-state index contributed by atoms with van der Waals surface area (Å²) in [6, 6.07) is 11.4. The van der Waals surface area contributed by atoms with Crippen LogP contribution >= 0.6 is 25.3 Å². The van der Waals surface area contributed by atoms with Crippen LogP contribution in [0.4, 0.5) is 11.4 Å². The Labute approximate surface area is 105 Å². The van der Waals surface area contributed by atoms with E-state index in [-0.39, 0.29) is 0 Å². The molecule has 16 heavy (non-hydrogen) atoms. The molecule has 0 aromatic heterocycles. The van der Waals surface area contributed by atoms with Gasteiger partial charge in [-0.05, 0) is 12.1 Å². The standard InChI is InChI=1S/C12H12N2S2/c13-11-7(3-1-5-9(11)15)8-4-2-6-10(16)12(8)14/h1-6,15-16H,13-14H2. The minimum absolute atomic E-state index is 0.636. The predicted molar refractivity (Wildman–Crippen MR) is 75.2 cm³/mol. The third-order valence-corrected chi connectivity index (χ3v) is 3.24. The van der Waals surface area contributed by atoms with Gasteiger partial charge < -0.3 is 11.5 Å². The highest BCUT2D eigenvalue weighted by atomic mass is 32.1. The maximum atomic E-state index is 5.98. The Bertz CT molecular complexity index is 489. The summed E-state index contributed by atoms with van der Waals surface area (Å²) >= 11 is 8.59. The zero-order valence-corrected chi connectivity index (χ0v) is 10.3. The highest BCUT2D eigenvalue weighted by Crippen LogP contribution is 2.36. The van der Waals surface area contributed by atoms with Crippen LogP contribution < -0.4 is 11.5 Å². The molecule has 4 N–H and O–H groups in total. The fraction of sp³-hybridized carbons (Fsp3) is 0. The monoisotopic (exact) mass is 248 g/mol. The highest BCUT2D eigenvalue weighted by Gasteiger charge is 2.09. The van der Waals surface area contributed by atoms with Crippen molar-refractivity contribution in [1.29, 1.82) is 0 Å². The molecule has 2 aromatic rings. The van der Waals surface area contributed by atoms with Crippen LogP contribution in [0.3, 0.4) is 0 Å². The van der Waals surface area contributed by atoms with Crippen LogP contribution in [0.5, 0.6) is 0 Å². The molecule has 0 unspecified atom stereocenters. The van der Waals surface area contributed by atoms with Crippen LogP contribution in [-0.4, -0.2) is 0 Å². The molecular weight excluding hydrogens is 236 g/mol. The van der Waals surface area contributed by atoms with Crippen molar-refractivity contribution in [2.75, 3.05) is 11.5 Å². The predicted octanol–water partition coefficient (Wildman–Crippen LogP) is 3.10. The Kier molecular flexibility index (Phi) is 3.03. The van der Waals surface area contributed by atoms with Gasteiger partial charge in [-0.15, -0.1) is 25.3 Å². The molecule has 0 heterocycles. The van der Waals surface area contributed by atoms with E-state index in [1.165, 1.54) is 0 Å². The third kappa shape index (κ3) is 1.86. The van der Waals surface area contributed by atoms with E-state index in [4.69, 9.17) is 11.5 Å². The molecule has 0 bridgehead atoms. The average Bonchev–Trinajstić information content (AvgIpc) is 2.27. The summed E-state index contributed by atoms with van der Waals surface area (Å²) in [6.07, 6.45) is 0. The normalized spacial score (nSPS) is 10.4. The van der Waals surface area contributed by atoms with Gasteiger partial charge in [-0.2, -0.15) is 0 Å². The minimum Gasteiger partial charge on any atom is -0.397 e. The molecule has 0 radical (unpaired) electrons. The van der Waals surface area contributed by atoms with Gasteiger partial charge in [0.25, 0.3) is 0 Å². The van der Waals surface area contributed by atoms with Crippen LogP contribution in [0.2, 0.25) is 0 Å². The molecule has 0 spiro atoms. The topological polar surface area (TPSA) is 52.0 Å². The van der Waals surface area contributed by atoms with Crippen LogP contribution in [0.15, 0.2) is 46.2 Å². The maximum Gasteiger partial charge on any atom is 0.0530 e. The van der Waals surface area contributed by atoms with Crippen molar-refractivity contribution < 1.29 is 0 Å². The second kappa shape index (κ2) is 4.31. The Morgan fingerprint density at radius 3 is 1.44 bits per heavy atom. The number of rotatable bonds is 1. The van der Waals surface area contributed by atoms with E-state index in [1.807, 2.05) is 36.4 Å². The molecule has 0 saturated heterocycles. The first-order valence-corrected chi connectivity index (χ1v) is 5.66. The van der Waals surface area contributed by atoms with Crippen LogP contribution in [0.1, 0.15) is 0 Å². The molecule has 0 fully saturated rings. The smallest absolute Gasteiger partial charge is 0.0530 e. The van der Waals surface area contributed by atoms with E-state index in [2.05, 4.69) is 25.3 Å². The summed E-state index contributed by atoms with van der Waals surface area (Å²) in [6.45, 7) is 0. The Hall–Kier alpha value is -1.26. The van der Waals surface area contributed by atoms with E-state index < -0.39 is 0 Å². The molecule has 0 amide bonds. The van der Waals surface area contributed by atoms with Crippen LogP contribution in [-0.2, 0) is 0 Å². The number of thiol groups is 2. The fourth-order valence-electron chi connectivity index (χ4n) is 1.58. The molecule has 0 aliphatic carbocycles. The zero-order chi connectivity index (χ0) is 11.7. The van der Waals surface area contributed by atoms with Crippen molar-refractivity contribution in [2.24, 2.45) is 0 Å². The minimum atomic E-state index is 0.636. The van der Waals surface area contributed by atoms with E-state index >= 15 is 0 Å². The summed E-state index contributed by atoms with van der Waals surface area (Å²) < 4.78 is 0. The maximum absolute atomic E-state index is 5.98. The number of nitrogens with two attached hydrogens (primary N) is 2. The first-order chi connectivity index (χ1) is 7.61. The van der Waals surface area contributed by atoms with Crippen molar-refractivity contribution in [1.82, 2.24) is 0 Å². The Morgan fingerprint density at radius 1 is 0.688 bits per heavy atom. The molecule has 4 heteroatoms. The third-order valence-electron chi connectivity index (χ3n) is 2.46. The van der Waals surface area contributed by atoms with E-state index in [0.29, 0.717) is 11.4 Å². The molecule has 0 aliphatic heterocycles. The van der Waals surface area contributed by atoms with Gasteiger partial charge in [0.2, 0.25) is 0 Å². The van der Waals surface area contributed by atoms with Crippen molar-refractivity contribution in [3.8, 4) is 11.1 Å². The van der Waals surface area contributed by atoms with E-state index in [9.17, 15) is 0 Å². The number of nitrogen functional groups attached to an aromatic ring is 2. The number of hydrogen-bond acceptors (Lipinski definition) is 4. The first kappa shape index (κ1) is 11.2. The summed E-state index contributed by atoms with van der Waals surface area (Å²) in [5.41, 5.74) is 15.0. The lowest BCUT2D eigenvalue weighted by atomic mass is 10.0. The lowest BCUT2D eigenvalue weighted by Crippen LogP contribution is -1.96. The van der Waals surface area contributed by atoms with Gasteiger partial charge in [0.15, 0.2) is 0 Å². The lowest BCUT2D eigenvalue weighted by Gasteiger charge is -2.11. The SMILES string of the molecule is Nc1c(S)cccc1-c1cccc(S)c1N. The van der Waals surface area contributed by atoms with Gasteiger partial charge in [0.1, 0.15) is 0 Å². The second-order valence-corrected chi connectivity index (χ2v) is 4.44. The molecule has 2 rings (SSSR count). The quantitative estimate of drug-likeness (QED) is 0.463. The van der Waals surface area contributed by atoms with Gasteiger partial charge in [0, 0.05) is 20.9 Å². The molecule has 2 nitrogen and oxygen atoms in total. The van der Waals surface area contributed by atoms with E-state index in [1.54, 1.807) is 0 Å². The van der Waals surface area contributed by atoms with Crippen molar-refractivity contribution >= 4 is 36.6 Å². The van der Waals surface area contributed by atoms with Gasteiger partial charge in [0.05, 0.1) is 11.4 Å². The molecule has 0 aliphatic rings. The molecular formula is C12H12N2S2. The highest BCUT2D eigenvalue weighted by molar-refractivity contribution is 7.80. The van der Waals surface area contributed by atoms with E-state index in [0.717, 1.165) is 20.9 Å². The molecule has 0 saturated carbocycles. The summed E-state index contributed by atoms with van der Waals surface area (Å²) in [5.74, 6) is 0. The first-order valence-electron chi connectivity index (χ1n) is 4.76. The average molecular weight is 248 g/mol. The van der Waals surface area contributed by atoms with Gasteiger partial charge in [-0.25, -0.2) is 0 Å². The number of hydrogen-bond donors (Lipinski definition) is 4. The fourth-order valence-corrected chi connectivity index (χ4v) is 1.99. The van der Waals surface area contributed by atoms with Gasteiger partial charge >= 0.3 is 0 Å². The zero-order valence-electron chi connectivity index (χ0n) is 8.51. The number of benzene rings is 2. The van der Waals surface area contributed by atoms with Gasteiger partial charge in [-0.3, -0.25) is 0 Å². The summed E-state index contributed by atoms with van der Waals surface area (Å²) in [4.78, 5) is 1.50. The van der Waals surface area contributed by atoms with Gasteiger partial charge in [-0.1, -0.05) is 24.3 Å². The lowest BCUT2D eigenvalue weighted by molar-refractivity contribution is 1.43. The largest absolute Gasteiger partial charge is 0.397 e. The second-order valence-electron chi connectivity index (χ2n) is 3.48. The van der Waals surface area contributed by atoms with Crippen LogP contribution in [0.25, 0.3) is 11.1 Å². The van der Waals surface area contributed by atoms with Crippen LogP contribution in [0, 0.1) is 0 Å². The molecule has 0 atom stereocenters. The Balaban J connectivity index is 2.68. The molecule has 82 valence electrons. The van der Waals surface area contributed by atoms with Crippen molar-refractivity contribution in [2.45, 2.75) is 9.79 Å². The summed E-state index contributed by atoms with van der Waals surface area (Å²) in [7, 11) is 0. The summed E-state index contributed by atoms with van der Waals surface area (Å²) in [5, 5.41) is 0. The van der Waals surface area contributed by atoms with Crippen molar-refractivity contribution in [3.63, 3.8) is 0 Å². The number of anilines is 2. The Morgan fingerprint density at radius 2 is 1.06 bits per heavy atom.